The van der Waals surface area contributed by atoms with Crippen molar-refractivity contribution in [1.82, 2.24) is 9.88 Å². The molecule has 3 nitrogen and oxygen atoms in total. The molecule has 158 valence electrons. The van der Waals surface area contributed by atoms with E-state index in [1.54, 1.807) is 0 Å². The van der Waals surface area contributed by atoms with Gasteiger partial charge in [-0.15, -0.1) is 0 Å². The first-order chi connectivity index (χ1) is 14.1. The molecular formula is C22H19Cl2F3N2O. The Hall–Kier alpha value is -2.15. The van der Waals surface area contributed by atoms with Gasteiger partial charge in [0.1, 0.15) is 0 Å². The van der Waals surface area contributed by atoms with Gasteiger partial charge in [0.2, 0.25) is 0 Å². The fraction of sp³-hybridized carbons (Fsp3) is 0.273. The first kappa shape index (κ1) is 21.1. The number of fused-ring (bicyclic) bond motifs is 1. The first-order valence-electron chi connectivity index (χ1n) is 9.39. The number of nitrogens with zero attached hydrogens (tertiary/aromatic N) is 1. The van der Waals surface area contributed by atoms with Crippen LogP contribution in [-0.2, 0) is 11.8 Å². The molecule has 1 aromatic heterocycles. The number of aromatic nitrogens is 1. The molecule has 1 fully saturated rings. The number of likely N-dealkylation sites (tertiary alicyclic amines) is 1. The molecule has 4 rings (SSSR count). The molecule has 1 saturated heterocycles. The van der Waals surface area contributed by atoms with E-state index in [2.05, 4.69) is 11.6 Å². The summed E-state index contributed by atoms with van der Waals surface area (Å²) < 4.78 is 39.6. The van der Waals surface area contributed by atoms with Crippen molar-refractivity contribution >= 4 is 39.8 Å². The van der Waals surface area contributed by atoms with Gasteiger partial charge in [0, 0.05) is 46.5 Å². The van der Waals surface area contributed by atoms with Gasteiger partial charge >= 0.3 is 6.18 Å². The Kier molecular flexibility index (Phi) is 5.29. The van der Waals surface area contributed by atoms with Crippen LogP contribution in [-0.4, -0.2) is 28.1 Å². The molecule has 1 aliphatic heterocycles. The zero-order valence-corrected chi connectivity index (χ0v) is 17.4. The van der Waals surface area contributed by atoms with Crippen molar-refractivity contribution < 1.29 is 18.3 Å². The average Bonchev–Trinajstić information content (AvgIpc) is 3.10. The lowest BCUT2D eigenvalue weighted by Crippen LogP contribution is -2.41. The largest absolute Gasteiger partial charge is 0.417 e. The van der Waals surface area contributed by atoms with Gasteiger partial charge in [-0.2, -0.15) is 13.2 Å². The standard InChI is InChI=1S/C22H19Cl2F3N2O/c1-13(17-12-28-20-11-15(23)3-4-16(17)20)29-8-6-21(30,7-9-29)14-2-5-19(24)18(10-14)22(25,26)27/h2-5,10-12,28,30H,1,6-9H2. The third-order valence-electron chi connectivity index (χ3n) is 5.74. The van der Waals surface area contributed by atoms with Crippen molar-refractivity contribution in [3.63, 3.8) is 0 Å². The molecule has 2 N–H and O–H groups in total. The van der Waals surface area contributed by atoms with E-state index in [0.29, 0.717) is 18.1 Å². The van der Waals surface area contributed by atoms with Gasteiger partial charge in [-0.3, -0.25) is 0 Å². The van der Waals surface area contributed by atoms with E-state index in [1.807, 2.05) is 29.3 Å². The molecule has 0 saturated carbocycles. The molecule has 30 heavy (non-hydrogen) atoms. The van der Waals surface area contributed by atoms with Crippen LogP contribution in [0.15, 0.2) is 49.2 Å². The highest BCUT2D eigenvalue weighted by Crippen LogP contribution is 2.41. The summed E-state index contributed by atoms with van der Waals surface area (Å²) in [6.45, 7) is 5.11. The number of hydrogen-bond donors (Lipinski definition) is 2. The van der Waals surface area contributed by atoms with Crippen LogP contribution >= 0.6 is 23.2 Å². The number of nitrogens with one attached hydrogen (secondary N) is 1. The third-order valence-corrected chi connectivity index (χ3v) is 6.30. The second-order valence-corrected chi connectivity index (χ2v) is 8.39. The topological polar surface area (TPSA) is 39.3 Å². The minimum atomic E-state index is -4.57. The smallest absolute Gasteiger partial charge is 0.385 e. The number of hydrogen-bond acceptors (Lipinski definition) is 2. The van der Waals surface area contributed by atoms with Gasteiger partial charge in [0.25, 0.3) is 0 Å². The van der Waals surface area contributed by atoms with Crippen molar-refractivity contribution in [2.45, 2.75) is 24.6 Å². The van der Waals surface area contributed by atoms with Crippen LogP contribution in [0, 0.1) is 0 Å². The van der Waals surface area contributed by atoms with Crippen LogP contribution in [0.3, 0.4) is 0 Å². The Morgan fingerprint density at radius 3 is 2.47 bits per heavy atom. The van der Waals surface area contributed by atoms with E-state index in [1.165, 1.54) is 12.1 Å². The lowest BCUT2D eigenvalue weighted by Gasteiger charge is -2.40. The van der Waals surface area contributed by atoms with Gasteiger partial charge in [-0.05, 0) is 42.7 Å². The molecular weight excluding hydrogens is 436 g/mol. The second kappa shape index (κ2) is 7.52. The molecule has 0 bridgehead atoms. The van der Waals surface area contributed by atoms with Gasteiger partial charge in [0.15, 0.2) is 0 Å². The summed E-state index contributed by atoms with van der Waals surface area (Å²) in [5.74, 6) is 0. The van der Waals surface area contributed by atoms with Crippen molar-refractivity contribution in [2.75, 3.05) is 13.1 Å². The maximum absolute atomic E-state index is 13.2. The summed E-state index contributed by atoms with van der Waals surface area (Å²) in [4.78, 5) is 5.21. The van der Waals surface area contributed by atoms with Crippen molar-refractivity contribution in [3.05, 3.63) is 75.9 Å². The number of aliphatic hydroxyl groups is 1. The normalized spacial score (nSPS) is 16.8. The van der Waals surface area contributed by atoms with E-state index in [-0.39, 0.29) is 23.4 Å². The molecule has 0 atom stereocenters. The molecule has 0 amide bonds. The highest BCUT2D eigenvalue weighted by atomic mass is 35.5. The fourth-order valence-electron chi connectivity index (χ4n) is 3.97. The number of piperidine rings is 1. The van der Waals surface area contributed by atoms with Gasteiger partial charge in [-0.1, -0.05) is 41.9 Å². The van der Waals surface area contributed by atoms with Crippen LogP contribution in [0.25, 0.3) is 16.6 Å². The van der Waals surface area contributed by atoms with Gasteiger partial charge < -0.3 is 15.0 Å². The molecule has 0 radical (unpaired) electrons. The minimum absolute atomic E-state index is 0.228. The van der Waals surface area contributed by atoms with Crippen LogP contribution in [0.4, 0.5) is 13.2 Å². The molecule has 8 heteroatoms. The molecule has 0 unspecified atom stereocenters. The number of halogens is 5. The summed E-state index contributed by atoms with van der Waals surface area (Å²) >= 11 is 11.7. The summed E-state index contributed by atoms with van der Waals surface area (Å²) in [6, 6.07) is 9.17. The Balaban J connectivity index is 1.54. The predicted octanol–water partition coefficient (Wildman–Crippen LogP) is 6.45. The number of rotatable bonds is 3. The molecule has 0 spiro atoms. The Morgan fingerprint density at radius 2 is 1.80 bits per heavy atom. The van der Waals surface area contributed by atoms with E-state index >= 15 is 0 Å². The summed E-state index contributed by atoms with van der Waals surface area (Å²) in [5.41, 5.74) is 0.559. The number of alkyl halides is 3. The van der Waals surface area contributed by atoms with Gasteiger partial charge in [-0.25, -0.2) is 0 Å². The number of aromatic amines is 1. The lowest BCUT2D eigenvalue weighted by atomic mass is 9.83. The quantitative estimate of drug-likeness (QED) is 0.477. The Labute approximate surface area is 181 Å². The van der Waals surface area contributed by atoms with Crippen LogP contribution < -0.4 is 0 Å². The Bertz CT molecular complexity index is 1120. The molecule has 2 heterocycles. The summed E-state index contributed by atoms with van der Waals surface area (Å²) in [6.07, 6.45) is -2.16. The SMILES string of the molecule is C=C(c1c[nH]c2cc(Cl)ccc12)N1CCC(O)(c2ccc(Cl)c(C(F)(F)F)c2)CC1. The first-order valence-corrected chi connectivity index (χ1v) is 10.1. The molecule has 1 aliphatic rings. The molecule has 3 aromatic rings. The third kappa shape index (κ3) is 3.80. The monoisotopic (exact) mass is 454 g/mol. The van der Waals surface area contributed by atoms with Gasteiger partial charge in [0.05, 0.1) is 16.2 Å². The summed E-state index contributed by atoms with van der Waals surface area (Å²) in [7, 11) is 0. The predicted molar refractivity (Wildman–Crippen MR) is 114 cm³/mol. The molecule has 2 aromatic carbocycles. The van der Waals surface area contributed by atoms with Crippen molar-refractivity contribution in [3.8, 4) is 0 Å². The Morgan fingerprint density at radius 1 is 1.10 bits per heavy atom. The van der Waals surface area contributed by atoms with Crippen LogP contribution in [0.1, 0.15) is 29.5 Å². The second-order valence-electron chi connectivity index (χ2n) is 7.55. The maximum Gasteiger partial charge on any atom is 0.417 e. The van der Waals surface area contributed by atoms with E-state index in [4.69, 9.17) is 23.2 Å². The van der Waals surface area contributed by atoms with Crippen molar-refractivity contribution in [2.24, 2.45) is 0 Å². The number of benzene rings is 2. The van der Waals surface area contributed by atoms with E-state index in [9.17, 15) is 18.3 Å². The van der Waals surface area contributed by atoms with Crippen LogP contribution in [0.2, 0.25) is 10.0 Å². The number of H-pyrrole nitrogens is 1. The minimum Gasteiger partial charge on any atom is -0.385 e. The van der Waals surface area contributed by atoms with Crippen LogP contribution in [0.5, 0.6) is 0 Å². The highest BCUT2D eigenvalue weighted by molar-refractivity contribution is 6.31. The maximum atomic E-state index is 13.2. The van der Waals surface area contributed by atoms with E-state index < -0.39 is 17.3 Å². The zero-order valence-electron chi connectivity index (χ0n) is 15.9. The summed E-state index contributed by atoms with van der Waals surface area (Å²) in [5, 5.41) is 12.3. The highest BCUT2D eigenvalue weighted by Gasteiger charge is 2.38. The fourth-order valence-corrected chi connectivity index (χ4v) is 4.37. The van der Waals surface area contributed by atoms with E-state index in [0.717, 1.165) is 28.2 Å². The van der Waals surface area contributed by atoms with Crippen molar-refractivity contribution in [1.29, 1.82) is 0 Å². The molecule has 0 aliphatic carbocycles. The zero-order chi connectivity index (χ0) is 21.7. The average molecular weight is 455 g/mol. The lowest BCUT2D eigenvalue weighted by molar-refractivity contribution is -0.137.